The second kappa shape index (κ2) is 13.1. The van der Waals surface area contributed by atoms with Crippen molar-refractivity contribution in [2.24, 2.45) is 10.7 Å². The number of esters is 1. The summed E-state index contributed by atoms with van der Waals surface area (Å²) in [4.78, 5) is 37.2. The molecule has 3 heterocycles. The molecule has 1 unspecified atom stereocenters. The molecular formula is C28H24F2N8O6S. The van der Waals surface area contributed by atoms with Crippen molar-refractivity contribution in [2.75, 3.05) is 20.2 Å². The Morgan fingerprint density at radius 1 is 1.20 bits per heavy atom. The molecule has 1 aliphatic heterocycles. The third-order valence-electron chi connectivity index (χ3n) is 6.24. The number of carbonyl (C=O) groups excluding carboxylic acids is 1. The first-order valence-corrected chi connectivity index (χ1v) is 13.9. The van der Waals surface area contributed by atoms with Crippen LogP contribution in [0.2, 0.25) is 0 Å². The van der Waals surface area contributed by atoms with Crippen LogP contribution in [0.1, 0.15) is 34.7 Å². The number of hydrogen-bond donors (Lipinski definition) is 4. The Labute approximate surface area is 257 Å². The number of halogens is 2. The summed E-state index contributed by atoms with van der Waals surface area (Å²) >= 11 is 1.01. The van der Waals surface area contributed by atoms with Crippen LogP contribution in [0.25, 0.3) is 0 Å². The van der Waals surface area contributed by atoms with Crippen molar-refractivity contribution >= 4 is 29.8 Å². The van der Waals surface area contributed by atoms with Gasteiger partial charge in [-0.15, -0.1) is 10.2 Å². The number of nitrogen functional groups attached to an aromatic ring is 1. The van der Waals surface area contributed by atoms with Gasteiger partial charge in [-0.2, -0.15) is 4.39 Å². The minimum atomic E-state index is -1.30. The fourth-order valence-corrected chi connectivity index (χ4v) is 4.85. The van der Waals surface area contributed by atoms with Gasteiger partial charge >= 0.3 is 5.97 Å². The molecule has 0 fully saturated rings. The number of rotatable bonds is 10. The van der Waals surface area contributed by atoms with E-state index in [1.165, 1.54) is 24.3 Å². The van der Waals surface area contributed by atoms with Crippen molar-refractivity contribution in [3.8, 4) is 28.9 Å². The summed E-state index contributed by atoms with van der Waals surface area (Å²) in [6.45, 7) is 2.15. The van der Waals surface area contributed by atoms with Crippen LogP contribution in [0.5, 0.6) is 28.9 Å². The average molecular weight is 639 g/mol. The number of benzene rings is 2. The summed E-state index contributed by atoms with van der Waals surface area (Å²) in [6, 6.07) is 8.42. The first kappa shape index (κ1) is 31.0. The average Bonchev–Trinajstić information content (AvgIpc) is 3.43. The van der Waals surface area contributed by atoms with E-state index < -0.39 is 52.4 Å². The van der Waals surface area contributed by atoms with Crippen LogP contribution in [-0.4, -0.2) is 68.4 Å². The van der Waals surface area contributed by atoms with Gasteiger partial charge in [0.05, 0.1) is 12.8 Å². The van der Waals surface area contributed by atoms with Gasteiger partial charge in [0, 0.05) is 28.8 Å². The maximum absolute atomic E-state index is 15.6. The van der Waals surface area contributed by atoms with E-state index in [0.29, 0.717) is 23.2 Å². The first-order chi connectivity index (χ1) is 21.5. The molecule has 5 rings (SSSR count). The largest absolute Gasteiger partial charge is 0.504 e. The van der Waals surface area contributed by atoms with Gasteiger partial charge in [0.25, 0.3) is 11.4 Å². The maximum atomic E-state index is 15.6. The van der Waals surface area contributed by atoms with E-state index in [1.807, 2.05) is 4.90 Å². The minimum absolute atomic E-state index is 0.0452. The number of aromatic hydroxyl groups is 1. The van der Waals surface area contributed by atoms with Crippen LogP contribution in [0.15, 0.2) is 62.4 Å². The molecule has 2 aromatic carbocycles. The summed E-state index contributed by atoms with van der Waals surface area (Å²) in [5.74, 6) is -5.83. The number of aromatic amines is 1. The molecule has 0 saturated heterocycles. The van der Waals surface area contributed by atoms with Crippen molar-refractivity contribution < 1.29 is 32.9 Å². The third kappa shape index (κ3) is 6.73. The maximum Gasteiger partial charge on any atom is 0.364 e. The summed E-state index contributed by atoms with van der Waals surface area (Å²) < 4.78 is 46.5. The van der Waals surface area contributed by atoms with Crippen molar-refractivity contribution in [1.82, 2.24) is 25.1 Å². The molecule has 2 aromatic heterocycles. The Morgan fingerprint density at radius 2 is 2.00 bits per heavy atom. The van der Waals surface area contributed by atoms with Crippen LogP contribution in [0.3, 0.4) is 0 Å². The predicted molar refractivity (Wildman–Crippen MR) is 156 cm³/mol. The van der Waals surface area contributed by atoms with E-state index in [9.17, 15) is 19.1 Å². The quantitative estimate of drug-likeness (QED) is 0.111. The Morgan fingerprint density at radius 3 is 2.69 bits per heavy atom. The van der Waals surface area contributed by atoms with Gasteiger partial charge in [0.2, 0.25) is 17.3 Å². The fraction of sp³-hybridized carbons (Fsp3) is 0.179. The molecule has 45 heavy (non-hydrogen) atoms. The number of nitrogens with two attached hydrogens (primary N) is 1. The second-order valence-corrected chi connectivity index (χ2v) is 10.4. The van der Waals surface area contributed by atoms with Gasteiger partial charge in [0.15, 0.2) is 22.5 Å². The highest BCUT2D eigenvalue weighted by Gasteiger charge is 2.27. The number of nitrogens with zero attached hydrogens (tertiary/aromatic N) is 5. The summed E-state index contributed by atoms with van der Waals surface area (Å²) in [5, 5.41) is 25.4. The molecule has 0 bridgehead atoms. The second-order valence-electron chi connectivity index (χ2n) is 9.33. The van der Waals surface area contributed by atoms with Crippen molar-refractivity contribution in [3.63, 3.8) is 0 Å². The number of carbonyl (C=O) groups is 1. The molecule has 4 aromatic rings. The molecule has 0 saturated carbocycles. The Balaban J connectivity index is 1.47. The lowest BCUT2D eigenvalue weighted by atomic mass is 10.1. The predicted octanol–water partition coefficient (Wildman–Crippen LogP) is 3.76. The van der Waals surface area contributed by atoms with Crippen molar-refractivity contribution in [3.05, 3.63) is 81.4 Å². The lowest BCUT2D eigenvalue weighted by Crippen LogP contribution is -2.23. The van der Waals surface area contributed by atoms with Crippen LogP contribution in [0.4, 0.5) is 8.78 Å². The van der Waals surface area contributed by atoms with Crippen LogP contribution in [-0.2, 0) is 4.74 Å². The van der Waals surface area contributed by atoms with Gasteiger partial charge in [0.1, 0.15) is 17.8 Å². The number of pyridine rings is 1. The molecule has 1 aliphatic rings. The van der Waals surface area contributed by atoms with Crippen LogP contribution in [0, 0.1) is 17.0 Å². The molecule has 1 atom stereocenters. The Bertz CT molecular complexity index is 1890. The van der Waals surface area contributed by atoms with Crippen LogP contribution >= 0.6 is 11.8 Å². The molecule has 14 nitrogen and oxygen atoms in total. The number of hydrogen-bond acceptors (Lipinski definition) is 13. The monoisotopic (exact) mass is 638 g/mol. The third-order valence-corrected chi connectivity index (χ3v) is 7.11. The first-order valence-electron chi connectivity index (χ1n) is 13.1. The number of phenolic OH excluding ortho intramolecular Hbond substituents is 1. The van der Waals surface area contributed by atoms with E-state index in [-0.39, 0.29) is 34.7 Å². The molecule has 0 amide bonds. The number of aliphatic imine (C=N–C) groups is 1. The van der Waals surface area contributed by atoms with E-state index >= 15 is 4.39 Å². The molecule has 232 valence electrons. The van der Waals surface area contributed by atoms with E-state index in [0.717, 1.165) is 11.8 Å². The van der Waals surface area contributed by atoms with Crippen LogP contribution < -0.4 is 20.8 Å². The number of aromatic nitrogens is 4. The number of ether oxygens (including phenoxy) is 3. The SMILES string of the molecule is CCOC(=O)c1nnc(Sc2ccc(Oc3c(F)cnc(Oc4cc(C(=N)N)ccc4O)c3F)c(C3N=CCN3C)c2)[nH]c1=O. The van der Waals surface area contributed by atoms with Gasteiger partial charge in [-0.3, -0.25) is 25.1 Å². The van der Waals surface area contributed by atoms with E-state index in [4.69, 9.17) is 25.4 Å². The molecule has 0 spiro atoms. The summed E-state index contributed by atoms with van der Waals surface area (Å²) in [5.41, 5.74) is 4.82. The topological polar surface area (TPSA) is 202 Å². The summed E-state index contributed by atoms with van der Waals surface area (Å²) in [7, 11) is 1.79. The number of nitrogens with one attached hydrogen (secondary N) is 2. The summed E-state index contributed by atoms with van der Waals surface area (Å²) in [6.07, 6.45) is 1.78. The molecule has 0 radical (unpaired) electrons. The Hall–Kier alpha value is -5.42. The zero-order valence-electron chi connectivity index (χ0n) is 23.6. The zero-order chi connectivity index (χ0) is 32.2. The van der Waals surface area contributed by atoms with E-state index in [1.54, 1.807) is 32.3 Å². The fourth-order valence-electron chi connectivity index (χ4n) is 4.08. The van der Waals surface area contributed by atoms with Crippen molar-refractivity contribution in [2.45, 2.75) is 23.1 Å². The lowest BCUT2D eigenvalue weighted by Gasteiger charge is -2.22. The normalized spacial score (nSPS) is 14.4. The highest BCUT2D eigenvalue weighted by molar-refractivity contribution is 7.99. The number of H-pyrrole nitrogens is 1. The lowest BCUT2D eigenvalue weighted by molar-refractivity contribution is 0.0515. The smallest absolute Gasteiger partial charge is 0.364 e. The van der Waals surface area contributed by atoms with Gasteiger partial charge in [-0.05, 0) is 62.1 Å². The minimum Gasteiger partial charge on any atom is -0.504 e. The molecular weight excluding hydrogens is 614 g/mol. The highest BCUT2D eigenvalue weighted by atomic mass is 32.2. The van der Waals surface area contributed by atoms with E-state index in [2.05, 4.69) is 25.2 Å². The van der Waals surface area contributed by atoms with Gasteiger partial charge in [-0.25, -0.2) is 14.2 Å². The van der Waals surface area contributed by atoms with Crippen molar-refractivity contribution in [1.29, 1.82) is 5.41 Å². The molecule has 0 aliphatic carbocycles. The van der Waals surface area contributed by atoms with Gasteiger partial charge < -0.3 is 25.1 Å². The standard InChI is InChI=1S/C28H24F2N8O6S/c1-3-42-27(41)21-25(40)35-28(37-36-21)45-14-5-7-18(15(11-14)24-33-8-9-38(24)2)43-22-16(29)12-34-26(20(22)30)44-19-10-13(23(31)32)4-6-17(19)39/h4-8,10-12,24,39H,3,9H2,1-2H3,(H3,31,32)(H,35,37,40). The van der Waals surface area contributed by atoms with Gasteiger partial charge in [-0.1, -0.05) is 0 Å². The molecule has 17 heteroatoms. The number of phenols is 1. The number of amidine groups is 1. The molecule has 5 N–H and O–H groups in total. The Kier molecular flexibility index (Phi) is 9.01. The zero-order valence-corrected chi connectivity index (χ0v) is 24.4. The highest BCUT2D eigenvalue weighted by Crippen LogP contribution is 2.41.